The van der Waals surface area contributed by atoms with Crippen molar-refractivity contribution in [1.82, 2.24) is 0 Å². The molecule has 0 heteroatoms. The van der Waals surface area contributed by atoms with Crippen molar-refractivity contribution in [2.24, 2.45) is 0 Å². The first kappa shape index (κ1) is 31.3. The Bertz CT molecular complexity index is 863. The second-order valence-electron chi connectivity index (χ2n) is 7.98. The summed E-state index contributed by atoms with van der Waals surface area (Å²) < 4.78 is 0. The first-order valence-electron chi connectivity index (χ1n) is 11.4. The Hall–Kier alpha value is -2.86. The van der Waals surface area contributed by atoms with Gasteiger partial charge in [-0.25, -0.2) is 0 Å². The molecule has 2 aromatic rings. The maximum absolute atomic E-state index is 3.92. The van der Waals surface area contributed by atoms with Crippen LogP contribution in [0.3, 0.4) is 0 Å². The van der Waals surface area contributed by atoms with Crippen LogP contribution in [-0.2, 0) is 6.42 Å². The molecule has 32 heavy (non-hydrogen) atoms. The fourth-order valence-electron chi connectivity index (χ4n) is 2.30. The van der Waals surface area contributed by atoms with E-state index in [9.17, 15) is 0 Å². The van der Waals surface area contributed by atoms with Crippen molar-refractivity contribution in [2.45, 2.75) is 68.7 Å². The number of allylic oxidation sites excluding steroid dienone is 7. The number of benzene rings is 2. The number of aryl methyl sites for hydroxylation is 2. The van der Waals surface area contributed by atoms with Crippen LogP contribution in [0.5, 0.6) is 0 Å². The molecular weight excluding hydrogens is 384 g/mol. The third-order valence-electron chi connectivity index (χ3n) is 4.88. The molecule has 0 fully saturated rings. The molecule has 2 rings (SSSR count). The van der Waals surface area contributed by atoms with Crippen LogP contribution in [0.4, 0.5) is 0 Å². The predicted molar refractivity (Wildman–Crippen MR) is 151 cm³/mol. The first-order chi connectivity index (χ1) is 15.0. The lowest BCUT2D eigenvalue weighted by Crippen LogP contribution is -1.84. The molecule has 0 heterocycles. The van der Waals surface area contributed by atoms with E-state index in [1.807, 2.05) is 39.8 Å². The van der Waals surface area contributed by atoms with E-state index in [4.69, 9.17) is 0 Å². The Morgan fingerprint density at radius 2 is 1.22 bits per heavy atom. The highest BCUT2D eigenvalue weighted by molar-refractivity contribution is 5.69. The van der Waals surface area contributed by atoms with Crippen molar-refractivity contribution in [1.29, 1.82) is 0 Å². The zero-order valence-electron chi connectivity index (χ0n) is 22.2. The highest BCUT2D eigenvalue weighted by atomic mass is 14.0. The van der Waals surface area contributed by atoms with Crippen molar-refractivity contribution in [3.8, 4) is 0 Å². The zero-order valence-corrected chi connectivity index (χ0v) is 22.2. The van der Waals surface area contributed by atoms with Gasteiger partial charge in [0.25, 0.3) is 0 Å². The third-order valence-corrected chi connectivity index (χ3v) is 4.88. The second-order valence-corrected chi connectivity index (χ2v) is 7.98. The quantitative estimate of drug-likeness (QED) is 0.334. The largest absolute Gasteiger partial charge is 0.0988 e. The molecule has 0 aromatic heterocycles. The van der Waals surface area contributed by atoms with Crippen molar-refractivity contribution >= 4 is 11.1 Å². The standard InChI is InChI=1S/C14H18.C9H12.C5H8.C4H8/c1-10(2)12(5)14-8-6-13(7-9-14)11(3)4;1-3-9-7-5-4-6-8(9)2;1-4-5(2)3;1-3-4-2/h6-9H,3H2,1-2,4-5H3;4-7H,3H2,1-2H3;4H,1-2H2,3H3;3-4H,1-2H3/b;;;4-3-. The highest BCUT2D eigenvalue weighted by Crippen LogP contribution is 2.20. The van der Waals surface area contributed by atoms with Gasteiger partial charge < -0.3 is 0 Å². The summed E-state index contributed by atoms with van der Waals surface area (Å²) in [5, 5.41) is 0. The molecule has 0 amide bonds. The molecule has 174 valence electrons. The van der Waals surface area contributed by atoms with Crippen LogP contribution in [0.1, 0.15) is 77.6 Å². The van der Waals surface area contributed by atoms with E-state index in [0.717, 1.165) is 17.6 Å². The van der Waals surface area contributed by atoms with Gasteiger partial charge in [0.05, 0.1) is 0 Å². The molecule has 0 aliphatic carbocycles. The minimum Gasteiger partial charge on any atom is -0.0988 e. The van der Waals surface area contributed by atoms with E-state index >= 15 is 0 Å². The van der Waals surface area contributed by atoms with Gasteiger partial charge in [0.2, 0.25) is 0 Å². The van der Waals surface area contributed by atoms with Crippen molar-refractivity contribution < 1.29 is 0 Å². The molecule has 0 unspecified atom stereocenters. The van der Waals surface area contributed by atoms with E-state index in [0.29, 0.717) is 0 Å². The Morgan fingerprint density at radius 3 is 1.50 bits per heavy atom. The lowest BCUT2D eigenvalue weighted by Gasteiger charge is -2.05. The SMILES string of the molecule is C/C=C\C.C=C(C)c1ccc(C(C)=C(C)C)cc1.C=CC(=C)C.CCc1ccccc1C. The molecule has 0 saturated carbocycles. The van der Waals surface area contributed by atoms with E-state index in [1.165, 1.54) is 33.4 Å². The number of rotatable bonds is 4. The summed E-state index contributed by atoms with van der Waals surface area (Å²) >= 11 is 0. The molecular formula is C32H46. The van der Waals surface area contributed by atoms with E-state index < -0.39 is 0 Å². The topological polar surface area (TPSA) is 0 Å². The van der Waals surface area contributed by atoms with Crippen LogP contribution in [0.15, 0.2) is 97.6 Å². The lowest BCUT2D eigenvalue weighted by atomic mass is 10.0. The van der Waals surface area contributed by atoms with Gasteiger partial charge in [0.1, 0.15) is 0 Å². The molecule has 0 atom stereocenters. The average Bonchev–Trinajstić information content (AvgIpc) is 2.79. The molecule has 0 spiro atoms. The molecule has 0 aliphatic rings. The summed E-state index contributed by atoms with van der Waals surface area (Å²) in [6.45, 7) is 29.7. The molecule has 0 saturated heterocycles. The van der Waals surface area contributed by atoms with Gasteiger partial charge in [-0.05, 0) is 89.6 Å². The number of hydrogen-bond acceptors (Lipinski definition) is 0. The summed E-state index contributed by atoms with van der Waals surface area (Å²) in [4.78, 5) is 0. The smallest absolute Gasteiger partial charge is 0.0228 e. The predicted octanol–water partition coefficient (Wildman–Crippen LogP) is 10.4. The molecule has 0 N–H and O–H groups in total. The lowest BCUT2D eigenvalue weighted by molar-refractivity contribution is 1.11. The minimum absolute atomic E-state index is 1.02. The van der Waals surface area contributed by atoms with Gasteiger partial charge in [0.15, 0.2) is 0 Å². The van der Waals surface area contributed by atoms with E-state index in [1.54, 1.807) is 6.08 Å². The van der Waals surface area contributed by atoms with Crippen LogP contribution < -0.4 is 0 Å². The summed E-state index contributed by atoms with van der Waals surface area (Å²) in [7, 11) is 0. The zero-order chi connectivity index (χ0) is 25.1. The summed E-state index contributed by atoms with van der Waals surface area (Å²) in [5.74, 6) is 0. The summed E-state index contributed by atoms with van der Waals surface area (Å²) in [6, 6.07) is 17.1. The number of hydrogen-bond donors (Lipinski definition) is 0. The van der Waals surface area contributed by atoms with Gasteiger partial charge in [0, 0.05) is 0 Å². The molecule has 0 radical (unpaired) electrons. The Balaban J connectivity index is 0. The Morgan fingerprint density at radius 1 is 0.781 bits per heavy atom. The van der Waals surface area contributed by atoms with Gasteiger partial charge >= 0.3 is 0 Å². The Kier molecular flexibility index (Phi) is 18.5. The third kappa shape index (κ3) is 15.0. The molecule has 2 aromatic carbocycles. The monoisotopic (exact) mass is 430 g/mol. The van der Waals surface area contributed by atoms with Gasteiger partial charge in [-0.15, -0.1) is 0 Å². The van der Waals surface area contributed by atoms with Crippen LogP contribution >= 0.6 is 0 Å². The Labute approximate surface area is 199 Å². The van der Waals surface area contributed by atoms with Crippen LogP contribution in [0, 0.1) is 6.92 Å². The van der Waals surface area contributed by atoms with E-state index in [2.05, 4.69) is 103 Å². The fourth-order valence-corrected chi connectivity index (χ4v) is 2.30. The van der Waals surface area contributed by atoms with Crippen molar-refractivity contribution in [3.63, 3.8) is 0 Å². The molecule has 0 bridgehead atoms. The van der Waals surface area contributed by atoms with Crippen molar-refractivity contribution in [2.75, 3.05) is 0 Å². The maximum Gasteiger partial charge on any atom is -0.0228 e. The molecule has 0 nitrogen and oxygen atoms in total. The maximum atomic E-state index is 3.92. The minimum atomic E-state index is 1.02. The van der Waals surface area contributed by atoms with Crippen LogP contribution in [0.25, 0.3) is 11.1 Å². The van der Waals surface area contributed by atoms with E-state index in [-0.39, 0.29) is 0 Å². The molecule has 0 aliphatic heterocycles. The van der Waals surface area contributed by atoms with Gasteiger partial charge in [-0.3, -0.25) is 0 Å². The first-order valence-corrected chi connectivity index (χ1v) is 11.4. The fraction of sp³-hybridized carbons (Fsp3) is 0.312. The normalized spacial score (nSPS) is 9.16. The summed E-state index contributed by atoms with van der Waals surface area (Å²) in [5.41, 5.74) is 10.2. The van der Waals surface area contributed by atoms with Gasteiger partial charge in [-0.2, -0.15) is 0 Å². The average molecular weight is 431 g/mol. The second kappa shape index (κ2) is 18.9. The van der Waals surface area contributed by atoms with Crippen LogP contribution in [0.2, 0.25) is 0 Å². The van der Waals surface area contributed by atoms with Crippen molar-refractivity contribution in [3.05, 3.63) is 120 Å². The highest BCUT2D eigenvalue weighted by Gasteiger charge is 1.98. The van der Waals surface area contributed by atoms with Crippen LogP contribution in [-0.4, -0.2) is 0 Å². The summed E-state index contributed by atoms with van der Waals surface area (Å²) in [6.07, 6.45) is 6.87. The van der Waals surface area contributed by atoms with Gasteiger partial charge in [-0.1, -0.05) is 110 Å².